The topological polar surface area (TPSA) is 29.3 Å². The molecule has 0 bridgehead atoms. The molecular formula is C16H22N2. The Bertz CT molecular complexity index is 466. The summed E-state index contributed by atoms with van der Waals surface area (Å²) < 4.78 is 0. The number of nitrogens with two attached hydrogens (primary N) is 1. The lowest BCUT2D eigenvalue weighted by atomic mass is 9.64. The van der Waals surface area contributed by atoms with Crippen LogP contribution >= 0.6 is 0 Å². The molecule has 2 aliphatic carbocycles. The molecule has 0 aromatic heterocycles. The van der Waals surface area contributed by atoms with E-state index in [9.17, 15) is 0 Å². The number of benzene rings is 1. The predicted molar refractivity (Wildman–Crippen MR) is 73.3 cm³/mol. The number of hydrogen-bond donors (Lipinski definition) is 1. The maximum absolute atomic E-state index is 6.02. The van der Waals surface area contributed by atoms with Crippen molar-refractivity contribution < 1.29 is 0 Å². The smallest absolute Gasteiger partial charge is 0.0243 e. The lowest BCUT2D eigenvalue weighted by molar-refractivity contribution is 0.252. The molecule has 96 valence electrons. The molecule has 0 amide bonds. The van der Waals surface area contributed by atoms with E-state index in [1.165, 1.54) is 50.8 Å². The Kier molecular flexibility index (Phi) is 2.33. The molecule has 0 atom stereocenters. The molecular weight excluding hydrogens is 220 g/mol. The third kappa shape index (κ3) is 1.55. The highest BCUT2D eigenvalue weighted by molar-refractivity contribution is 5.39. The average Bonchev–Trinajstić information content (AvgIpc) is 3.09. The van der Waals surface area contributed by atoms with E-state index in [0.29, 0.717) is 5.41 Å². The quantitative estimate of drug-likeness (QED) is 0.882. The minimum absolute atomic E-state index is 0.321. The lowest BCUT2D eigenvalue weighted by Crippen LogP contribution is -2.41. The van der Waals surface area contributed by atoms with Crippen molar-refractivity contribution in [1.82, 2.24) is 4.90 Å². The molecule has 2 nitrogen and oxygen atoms in total. The van der Waals surface area contributed by atoms with Crippen LogP contribution in [0.5, 0.6) is 0 Å². The van der Waals surface area contributed by atoms with Gasteiger partial charge in [0.1, 0.15) is 0 Å². The van der Waals surface area contributed by atoms with Crippen molar-refractivity contribution in [3.63, 3.8) is 0 Å². The van der Waals surface area contributed by atoms with Crippen molar-refractivity contribution in [2.24, 2.45) is 5.73 Å². The van der Waals surface area contributed by atoms with Gasteiger partial charge < -0.3 is 5.73 Å². The minimum Gasteiger partial charge on any atom is -0.330 e. The van der Waals surface area contributed by atoms with Gasteiger partial charge in [-0.05, 0) is 42.4 Å². The first-order valence-electron chi connectivity index (χ1n) is 7.37. The second kappa shape index (κ2) is 3.82. The SMILES string of the molecule is NCC1(c2ccc3c(c2)CN(C2CC2)C3)CCC1. The molecule has 1 aliphatic heterocycles. The lowest BCUT2D eigenvalue weighted by Gasteiger charge is -2.41. The maximum Gasteiger partial charge on any atom is 0.0243 e. The van der Waals surface area contributed by atoms with Gasteiger partial charge in [-0.2, -0.15) is 0 Å². The van der Waals surface area contributed by atoms with Crippen LogP contribution in [0.3, 0.4) is 0 Å². The van der Waals surface area contributed by atoms with Crippen molar-refractivity contribution in [3.8, 4) is 0 Å². The van der Waals surface area contributed by atoms with Crippen LogP contribution in [0.4, 0.5) is 0 Å². The number of hydrogen-bond acceptors (Lipinski definition) is 2. The van der Waals surface area contributed by atoms with E-state index in [2.05, 4.69) is 23.1 Å². The first-order valence-corrected chi connectivity index (χ1v) is 7.37. The summed E-state index contributed by atoms with van der Waals surface area (Å²) in [7, 11) is 0. The first-order chi connectivity index (χ1) is 8.81. The zero-order chi connectivity index (χ0) is 12.2. The molecule has 0 unspecified atom stereocenters. The Morgan fingerprint density at radius 1 is 1.17 bits per heavy atom. The van der Waals surface area contributed by atoms with Crippen LogP contribution < -0.4 is 5.73 Å². The van der Waals surface area contributed by atoms with E-state index in [4.69, 9.17) is 5.73 Å². The highest BCUT2D eigenvalue weighted by Gasteiger charge is 2.38. The molecule has 2 saturated carbocycles. The van der Waals surface area contributed by atoms with Gasteiger partial charge >= 0.3 is 0 Å². The van der Waals surface area contributed by atoms with Crippen molar-refractivity contribution in [2.75, 3.05) is 6.54 Å². The first kappa shape index (κ1) is 11.0. The Labute approximate surface area is 109 Å². The third-order valence-electron chi connectivity index (χ3n) is 5.33. The van der Waals surface area contributed by atoms with Gasteiger partial charge in [-0.15, -0.1) is 0 Å². The second-order valence-corrected chi connectivity index (χ2v) is 6.46. The van der Waals surface area contributed by atoms with Crippen molar-refractivity contribution in [3.05, 3.63) is 34.9 Å². The molecule has 4 rings (SSSR count). The monoisotopic (exact) mass is 242 g/mol. The molecule has 2 fully saturated rings. The molecule has 1 aromatic carbocycles. The largest absolute Gasteiger partial charge is 0.330 e. The van der Waals surface area contributed by atoms with E-state index in [1.807, 2.05) is 0 Å². The number of rotatable bonds is 3. The van der Waals surface area contributed by atoms with Gasteiger partial charge in [-0.25, -0.2) is 0 Å². The average molecular weight is 242 g/mol. The van der Waals surface area contributed by atoms with Crippen molar-refractivity contribution >= 4 is 0 Å². The van der Waals surface area contributed by atoms with E-state index in [-0.39, 0.29) is 0 Å². The van der Waals surface area contributed by atoms with E-state index >= 15 is 0 Å². The number of nitrogens with zero attached hydrogens (tertiary/aromatic N) is 1. The van der Waals surface area contributed by atoms with Crippen molar-refractivity contribution in [2.45, 2.75) is 56.7 Å². The zero-order valence-electron chi connectivity index (χ0n) is 11.0. The molecule has 1 aromatic rings. The van der Waals surface area contributed by atoms with Crippen molar-refractivity contribution in [1.29, 1.82) is 0 Å². The van der Waals surface area contributed by atoms with Crippen LogP contribution in [-0.4, -0.2) is 17.5 Å². The third-order valence-corrected chi connectivity index (χ3v) is 5.33. The second-order valence-electron chi connectivity index (χ2n) is 6.46. The zero-order valence-corrected chi connectivity index (χ0v) is 11.0. The summed E-state index contributed by atoms with van der Waals surface area (Å²) in [5.74, 6) is 0. The predicted octanol–water partition coefficient (Wildman–Crippen LogP) is 2.55. The summed E-state index contributed by atoms with van der Waals surface area (Å²) in [6.45, 7) is 3.17. The fourth-order valence-corrected chi connectivity index (χ4v) is 3.66. The molecule has 0 saturated heterocycles. The van der Waals surface area contributed by atoms with E-state index in [1.54, 1.807) is 11.1 Å². The fourth-order valence-electron chi connectivity index (χ4n) is 3.66. The Hall–Kier alpha value is -0.860. The van der Waals surface area contributed by atoms with Gasteiger partial charge in [0.15, 0.2) is 0 Å². The normalized spacial score (nSPS) is 25.8. The van der Waals surface area contributed by atoms with Crippen LogP contribution in [0.2, 0.25) is 0 Å². The van der Waals surface area contributed by atoms with E-state index in [0.717, 1.165) is 12.6 Å². The molecule has 1 heterocycles. The molecule has 0 radical (unpaired) electrons. The van der Waals surface area contributed by atoms with Crippen LogP contribution in [0, 0.1) is 0 Å². The van der Waals surface area contributed by atoms with E-state index < -0.39 is 0 Å². The van der Waals surface area contributed by atoms with Crippen LogP contribution in [0.15, 0.2) is 18.2 Å². The molecule has 2 N–H and O–H groups in total. The molecule has 0 spiro atoms. The number of fused-ring (bicyclic) bond motifs is 1. The van der Waals surface area contributed by atoms with Gasteiger partial charge in [-0.1, -0.05) is 24.6 Å². The van der Waals surface area contributed by atoms with Crippen LogP contribution in [-0.2, 0) is 18.5 Å². The summed E-state index contributed by atoms with van der Waals surface area (Å²) in [5.41, 5.74) is 11.0. The molecule has 18 heavy (non-hydrogen) atoms. The highest BCUT2D eigenvalue weighted by atomic mass is 15.2. The van der Waals surface area contributed by atoms with Gasteiger partial charge in [0.25, 0.3) is 0 Å². The van der Waals surface area contributed by atoms with Crippen LogP contribution in [0.25, 0.3) is 0 Å². The minimum atomic E-state index is 0.321. The Balaban J connectivity index is 1.63. The molecule has 2 heteroatoms. The van der Waals surface area contributed by atoms with Gasteiger partial charge in [-0.3, -0.25) is 4.90 Å². The van der Waals surface area contributed by atoms with Gasteiger partial charge in [0, 0.05) is 31.1 Å². The molecule has 3 aliphatic rings. The van der Waals surface area contributed by atoms with Crippen LogP contribution in [0.1, 0.15) is 48.8 Å². The maximum atomic E-state index is 6.02. The fraction of sp³-hybridized carbons (Fsp3) is 0.625. The summed E-state index contributed by atoms with van der Waals surface area (Å²) >= 11 is 0. The Morgan fingerprint density at radius 3 is 2.56 bits per heavy atom. The van der Waals surface area contributed by atoms with Gasteiger partial charge in [0.2, 0.25) is 0 Å². The standard InChI is InChI=1S/C16H22N2/c17-11-16(6-1-7-16)14-3-2-12-9-18(15-4-5-15)10-13(12)8-14/h2-3,8,15H,1,4-7,9-11,17H2. The summed E-state index contributed by atoms with van der Waals surface area (Å²) in [6, 6.07) is 8.06. The summed E-state index contributed by atoms with van der Waals surface area (Å²) in [5, 5.41) is 0. The highest BCUT2D eigenvalue weighted by Crippen LogP contribution is 2.44. The van der Waals surface area contributed by atoms with Gasteiger partial charge in [0.05, 0.1) is 0 Å². The summed E-state index contributed by atoms with van der Waals surface area (Å²) in [4.78, 5) is 2.64. The summed E-state index contributed by atoms with van der Waals surface area (Å²) in [6.07, 6.45) is 6.74. The Morgan fingerprint density at radius 2 is 1.94 bits per heavy atom.